The van der Waals surface area contributed by atoms with Gasteiger partial charge in [0, 0.05) is 31.0 Å². The van der Waals surface area contributed by atoms with Gasteiger partial charge in [0.1, 0.15) is 22.9 Å². The molecule has 0 spiro atoms. The van der Waals surface area contributed by atoms with Gasteiger partial charge in [-0.1, -0.05) is 6.07 Å². The number of carbonyl (C=O) groups excluding carboxylic acids is 2. The zero-order valence-corrected chi connectivity index (χ0v) is 17.3. The van der Waals surface area contributed by atoms with E-state index in [1.165, 1.54) is 19.4 Å². The molecule has 1 N–H and O–H groups in total. The Morgan fingerprint density at radius 3 is 2.74 bits per heavy atom. The predicted molar refractivity (Wildman–Crippen MR) is 106 cm³/mol. The molecule has 0 aliphatic carbocycles. The minimum absolute atomic E-state index is 0.0703. The lowest BCUT2D eigenvalue weighted by atomic mass is 9.74. The van der Waals surface area contributed by atoms with Crippen LogP contribution >= 0.6 is 0 Å². The van der Waals surface area contributed by atoms with E-state index >= 15 is 0 Å². The molecule has 3 heterocycles. The summed E-state index contributed by atoms with van der Waals surface area (Å²) in [6, 6.07) is 2.77. The Morgan fingerprint density at radius 1 is 1.32 bits per heavy atom. The van der Waals surface area contributed by atoms with Crippen molar-refractivity contribution in [3.05, 3.63) is 63.1 Å². The molecule has 7 nitrogen and oxygen atoms in total. The second-order valence-electron chi connectivity index (χ2n) is 8.28. The summed E-state index contributed by atoms with van der Waals surface area (Å²) in [4.78, 5) is 38.9. The third-order valence-electron chi connectivity index (χ3n) is 6.02. The first-order valence-corrected chi connectivity index (χ1v) is 9.88. The lowest BCUT2D eigenvalue weighted by molar-refractivity contribution is -0.00292. The zero-order chi connectivity index (χ0) is 22.5. The van der Waals surface area contributed by atoms with E-state index < -0.39 is 34.5 Å². The lowest BCUT2D eigenvalue weighted by Gasteiger charge is -2.40. The molecule has 2 aliphatic heterocycles. The Labute approximate surface area is 177 Å². The summed E-state index contributed by atoms with van der Waals surface area (Å²) in [7, 11) is 1.27. The molecule has 1 aromatic carbocycles. The van der Waals surface area contributed by atoms with E-state index in [1.54, 1.807) is 18.4 Å². The number of pyridine rings is 1. The topological polar surface area (TPSA) is 86.6 Å². The molecular weight excluding hydrogens is 410 g/mol. The molecule has 2 atom stereocenters. The molecule has 0 saturated carbocycles. The van der Waals surface area contributed by atoms with Gasteiger partial charge in [0.2, 0.25) is 5.43 Å². The fourth-order valence-electron chi connectivity index (χ4n) is 4.37. The quantitative estimate of drug-likeness (QED) is 0.803. The number of fused-ring (bicyclic) bond motifs is 3. The number of rotatable bonds is 4. The average molecular weight is 432 g/mol. The highest BCUT2D eigenvalue weighted by molar-refractivity contribution is 6.03. The minimum Gasteiger partial charge on any atom is -0.491 e. The van der Waals surface area contributed by atoms with Gasteiger partial charge in [0.05, 0.1) is 24.7 Å². The second-order valence-corrected chi connectivity index (χ2v) is 8.28. The highest BCUT2D eigenvalue weighted by Gasteiger charge is 2.52. The monoisotopic (exact) mass is 432 g/mol. The molecular formula is C22H22F2N2O5. The second kappa shape index (κ2) is 7.56. The molecule has 2 aliphatic rings. The van der Waals surface area contributed by atoms with E-state index in [2.05, 4.69) is 5.32 Å². The van der Waals surface area contributed by atoms with Gasteiger partial charge in [0.25, 0.3) is 5.91 Å². The molecule has 1 aromatic heterocycles. The maximum Gasteiger partial charge on any atom is 0.257 e. The summed E-state index contributed by atoms with van der Waals surface area (Å²) in [5.74, 6) is -2.80. The van der Waals surface area contributed by atoms with E-state index in [9.17, 15) is 23.2 Å². The largest absolute Gasteiger partial charge is 0.491 e. The van der Waals surface area contributed by atoms with E-state index in [0.29, 0.717) is 19.1 Å². The summed E-state index contributed by atoms with van der Waals surface area (Å²) in [5, 5.41) is 2.48. The van der Waals surface area contributed by atoms with Gasteiger partial charge < -0.3 is 19.4 Å². The van der Waals surface area contributed by atoms with Crippen molar-refractivity contribution in [3.8, 4) is 5.75 Å². The maximum absolute atomic E-state index is 13.9. The van der Waals surface area contributed by atoms with Crippen LogP contribution in [0.1, 0.15) is 52.7 Å². The zero-order valence-electron chi connectivity index (χ0n) is 17.3. The molecule has 2 aromatic rings. The van der Waals surface area contributed by atoms with Crippen LogP contribution in [0.5, 0.6) is 5.75 Å². The van der Waals surface area contributed by atoms with Gasteiger partial charge in [-0.05, 0) is 26.3 Å². The molecule has 0 unspecified atom stereocenters. The smallest absolute Gasteiger partial charge is 0.257 e. The van der Waals surface area contributed by atoms with Gasteiger partial charge in [0.15, 0.2) is 11.5 Å². The Morgan fingerprint density at radius 2 is 2.06 bits per heavy atom. The fraction of sp³-hybridized carbons (Fsp3) is 0.409. The van der Waals surface area contributed by atoms with Crippen molar-refractivity contribution in [1.82, 2.24) is 9.88 Å². The average Bonchev–Trinajstić information content (AvgIpc) is 3.22. The number of ketones is 1. The number of halogens is 2. The van der Waals surface area contributed by atoms with Crippen LogP contribution in [0.15, 0.2) is 29.2 Å². The number of amides is 1. The third kappa shape index (κ3) is 3.33. The summed E-state index contributed by atoms with van der Waals surface area (Å²) >= 11 is 0. The number of methoxy groups -OCH3 is 1. The van der Waals surface area contributed by atoms with E-state index in [4.69, 9.17) is 9.47 Å². The van der Waals surface area contributed by atoms with Gasteiger partial charge in [-0.3, -0.25) is 14.4 Å². The van der Waals surface area contributed by atoms with E-state index in [0.717, 1.165) is 6.07 Å². The molecule has 164 valence electrons. The van der Waals surface area contributed by atoms with Crippen molar-refractivity contribution < 1.29 is 27.8 Å². The molecule has 9 heteroatoms. The Bertz CT molecular complexity index is 1140. The van der Waals surface area contributed by atoms with Gasteiger partial charge in [-0.25, -0.2) is 8.78 Å². The first kappa shape index (κ1) is 21.2. The molecule has 0 bridgehead atoms. The van der Waals surface area contributed by atoms with Crippen molar-refractivity contribution in [1.29, 1.82) is 0 Å². The van der Waals surface area contributed by atoms with Crippen molar-refractivity contribution in [2.45, 2.75) is 39.0 Å². The Kier molecular flexibility index (Phi) is 5.17. The van der Waals surface area contributed by atoms with Crippen LogP contribution in [-0.4, -0.2) is 36.1 Å². The third-order valence-corrected chi connectivity index (χ3v) is 6.02. The summed E-state index contributed by atoms with van der Waals surface area (Å²) in [5.41, 5.74) is -1.63. The molecule has 0 radical (unpaired) electrons. The van der Waals surface area contributed by atoms with Crippen molar-refractivity contribution >= 4 is 11.7 Å². The number of Topliss-reactive ketones (excluding diaryl/α,β-unsaturated/α-hetero) is 1. The van der Waals surface area contributed by atoms with Crippen LogP contribution in [0.4, 0.5) is 8.78 Å². The number of nitrogens with one attached hydrogen (secondary N) is 1. The number of ether oxygens (including phenoxy) is 2. The minimum atomic E-state index is -0.856. The molecule has 4 rings (SSSR count). The molecule has 1 amide bonds. The number of hydrogen-bond acceptors (Lipinski definition) is 5. The predicted octanol–water partition coefficient (Wildman–Crippen LogP) is 2.62. The fourth-order valence-corrected chi connectivity index (χ4v) is 4.37. The van der Waals surface area contributed by atoms with E-state index in [-0.39, 0.29) is 40.9 Å². The summed E-state index contributed by atoms with van der Waals surface area (Å²) in [6.07, 6.45) is 1.56. The van der Waals surface area contributed by atoms with Crippen molar-refractivity contribution in [2.24, 2.45) is 5.41 Å². The standard InChI is InChI=1S/C22H22F2N2O5/c1-22(2)19(28)16-18(30-3)17(27)13(10-26(16)15-6-7-31-20(15)22)21(29)25-9-11-4-5-12(23)8-14(11)24/h4-5,8,10,15,20H,6-7,9H2,1-3H3,(H,25,29)/t15-,20+/m1/s1. The van der Waals surface area contributed by atoms with E-state index in [1.807, 2.05) is 0 Å². The number of nitrogens with zero attached hydrogens (tertiary/aromatic N) is 1. The summed E-state index contributed by atoms with van der Waals surface area (Å²) < 4.78 is 39.6. The molecule has 1 saturated heterocycles. The first-order valence-electron chi connectivity index (χ1n) is 9.88. The van der Waals surface area contributed by atoms with Crippen molar-refractivity contribution in [2.75, 3.05) is 13.7 Å². The Balaban J connectivity index is 1.73. The Hall–Kier alpha value is -3.07. The van der Waals surface area contributed by atoms with Gasteiger partial charge in [-0.15, -0.1) is 0 Å². The van der Waals surface area contributed by atoms with Crippen LogP contribution in [0, 0.1) is 17.0 Å². The van der Waals surface area contributed by atoms with Crippen LogP contribution in [0.2, 0.25) is 0 Å². The van der Waals surface area contributed by atoms with Gasteiger partial charge in [-0.2, -0.15) is 0 Å². The number of carbonyl (C=O) groups is 2. The van der Waals surface area contributed by atoms with Crippen LogP contribution in [0.3, 0.4) is 0 Å². The summed E-state index contributed by atoms with van der Waals surface area (Å²) in [6.45, 7) is 3.74. The molecule has 1 fully saturated rings. The maximum atomic E-state index is 13.9. The van der Waals surface area contributed by atoms with Crippen molar-refractivity contribution in [3.63, 3.8) is 0 Å². The lowest BCUT2D eigenvalue weighted by Crippen LogP contribution is -2.49. The highest BCUT2D eigenvalue weighted by Crippen LogP contribution is 2.46. The van der Waals surface area contributed by atoms with Crippen LogP contribution < -0.4 is 15.5 Å². The number of aromatic nitrogens is 1. The highest BCUT2D eigenvalue weighted by atomic mass is 19.1. The first-order chi connectivity index (χ1) is 14.7. The number of benzene rings is 1. The SMILES string of the molecule is COc1c2n(cc(C(=O)NCc3ccc(F)cc3F)c1=O)[C@@H]1CCO[C@@H]1C(C)(C)C2=O. The molecule has 31 heavy (non-hydrogen) atoms. The normalized spacial score (nSPS) is 21.4. The van der Waals surface area contributed by atoms with Crippen LogP contribution in [-0.2, 0) is 11.3 Å². The number of hydrogen-bond donors (Lipinski definition) is 1. The van der Waals surface area contributed by atoms with Gasteiger partial charge >= 0.3 is 0 Å². The van der Waals surface area contributed by atoms with Crippen LogP contribution in [0.25, 0.3) is 0 Å².